The summed E-state index contributed by atoms with van der Waals surface area (Å²) in [7, 11) is 0. The highest BCUT2D eigenvalue weighted by molar-refractivity contribution is 5.93. The van der Waals surface area contributed by atoms with Gasteiger partial charge in [0.15, 0.2) is 11.5 Å². The monoisotopic (exact) mass is 301 g/mol. The molecular weight excluding hydrogens is 286 g/mol. The van der Waals surface area contributed by atoms with Crippen molar-refractivity contribution in [3.63, 3.8) is 0 Å². The molecule has 0 saturated carbocycles. The second-order valence-electron chi connectivity index (χ2n) is 4.53. The van der Waals surface area contributed by atoms with E-state index in [0.717, 1.165) is 0 Å². The molecule has 0 heterocycles. The number of non-ortho nitro benzene ring substituents is 1. The van der Waals surface area contributed by atoms with E-state index in [0.29, 0.717) is 17.9 Å². The molecule has 0 aliphatic carbocycles. The molecule has 0 fully saturated rings. The number of para-hydroxylation sites is 2. The van der Waals surface area contributed by atoms with Gasteiger partial charge in [0.25, 0.3) is 5.69 Å². The third-order valence-corrected chi connectivity index (χ3v) is 3.00. The van der Waals surface area contributed by atoms with E-state index in [1.807, 2.05) is 6.92 Å². The molecule has 0 unspecified atom stereocenters. The number of rotatable bonds is 5. The Morgan fingerprint density at radius 1 is 1.18 bits per heavy atom. The quantitative estimate of drug-likeness (QED) is 0.365. The molecular formula is C16H15NO5. The summed E-state index contributed by atoms with van der Waals surface area (Å²) in [5, 5.41) is 10.8. The minimum atomic E-state index is -0.659. The van der Waals surface area contributed by atoms with Gasteiger partial charge in [0.1, 0.15) is 0 Å². The van der Waals surface area contributed by atoms with Gasteiger partial charge in [0.2, 0.25) is 0 Å². The Hall–Kier alpha value is -2.89. The van der Waals surface area contributed by atoms with Crippen LogP contribution in [0.4, 0.5) is 5.69 Å². The highest BCUT2D eigenvalue weighted by Crippen LogP contribution is 2.28. The van der Waals surface area contributed by atoms with Crippen molar-refractivity contribution in [2.45, 2.75) is 13.8 Å². The number of hydrogen-bond acceptors (Lipinski definition) is 5. The Kier molecular flexibility index (Phi) is 4.73. The molecule has 2 aromatic rings. The van der Waals surface area contributed by atoms with E-state index in [4.69, 9.17) is 9.47 Å². The number of ether oxygens (including phenoxy) is 2. The van der Waals surface area contributed by atoms with E-state index in [1.165, 1.54) is 18.2 Å². The summed E-state index contributed by atoms with van der Waals surface area (Å²) < 4.78 is 10.7. The van der Waals surface area contributed by atoms with Crippen molar-refractivity contribution in [2.75, 3.05) is 6.61 Å². The Balaban J connectivity index is 2.30. The van der Waals surface area contributed by atoms with E-state index in [1.54, 1.807) is 31.2 Å². The van der Waals surface area contributed by atoms with Gasteiger partial charge < -0.3 is 9.47 Å². The Bertz CT molecular complexity index is 711. The van der Waals surface area contributed by atoms with Crippen molar-refractivity contribution in [3.8, 4) is 11.5 Å². The van der Waals surface area contributed by atoms with Gasteiger partial charge in [0.05, 0.1) is 17.1 Å². The largest absolute Gasteiger partial charge is 0.490 e. The minimum Gasteiger partial charge on any atom is -0.490 e. The van der Waals surface area contributed by atoms with Gasteiger partial charge in [-0.3, -0.25) is 10.1 Å². The number of nitro benzene ring substituents is 1. The SMILES string of the molecule is CCOc1ccccc1OC(=O)c1cc([N+](=O)[O-])ccc1C. The topological polar surface area (TPSA) is 78.7 Å². The summed E-state index contributed by atoms with van der Waals surface area (Å²) in [5.74, 6) is 0.0649. The standard InChI is InChI=1S/C16H15NO5/c1-3-21-14-6-4-5-7-15(14)22-16(18)13-10-12(17(19)20)9-8-11(13)2/h4-10H,3H2,1-2H3. The summed E-state index contributed by atoms with van der Waals surface area (Å²) in [6.45, 7) is 3.95. The van der Waals surface area contributed by atoms with Crippen molar-refractivity contribution < 1.29 is 19.2 Å². The lowest BCUT2D eigenvalue weighted by Gasteiger charge is -2.11. The zero-order valence-electron chi connectivity index (χ0n) is 12.2. The Morgan fingerprint density at radius 3 is 2.50 bits per heavy atom. The molecule has 0 N–H and O–H groups in total. The summed E-state index contributed by atoms with van der Waals surface area (Å²) in [5.41, 5.74) is 0.598. The van der Waals surface area contributed by atoms with E-state index in [2.05, 4.69) is 0 Å². The fourth-order valence-corrected chi connectivity index (χ4v) is 1.91. The molecule has 0 amide bonds. The number of aryl methyl sites for hydroxylation is 1. The lowest BCUT2D eigenvalue weighted by Crippen LogP contribution is -2.11. The number of benzene rings is 2. The number of nitro groups is 1. The average molecular weight is 301 g/mol. The van der Waals surface area contributed by atoms with Crippen LogP contribution in [-0.4, -0.2) is 17.5 Å². The number of carbonyl (C=O) groups is 1. The Morgan fingerprint density at radius 2 is 1.86 bits per heavy atom. The van der Waals surface area contributed by atoms with Gasteiger partial charge in [0, 0.05) is 12.1 Å². The number of carbonyl (C=O) groups excluding carboxylic acids is 1. The second-order valence-corrected chi connectivity index (χ2v) is 4.53. The molecule has 0 aliphatic rings. The minimum absolute atomic E-state index is 0.153. The van der Waals surface area contributed by atoms with Gasteiger partial charge >= 0.3 is 5.97 Å². The molecule has 6 nitrogen and oxygen atoms in total. The van der Waals surface area contributed by atoms with Gasteiger partial charge in [-0.15, -0.1) is 0 Å². The smallest absolute Gasteiger partial charge is 0.344 e. The molecule has 6 heteroatoms. The van der Waals surface area contributed by atoms with Crippen molar-refractivity contribution in [3.05, 3.63) is 63.7 Å². The van der Waals surface area contributed by atoms with E-state index >= 15 is 0 Å². The van der Waals surface area contributed by atoms with E-state index < -0.39 is 10.9 Å². The fraction of sp³-hybridized carbons (Fsp3) is 0.188. The number of nitrogens with zero attached hydrogens (tertiary/aromatic N) is 1. The van der Waals surface area contributed by atoms with Crippen LogP contribution in [0.25, 0.3) is 0 Å². The maximum atomic E-state index is 12.3. The van der Waals surface area contributed by atoms with Gasteiger partial charge in [-0.25, -0.2) is 4.79 Å². The second kappa shape index (κ2) is 6.71. The maximum Gasteiger partial charge on any atom is 0.344 e. The van der Waals surface area contributed by atoms with Crippen molar-refractivity contribution in [1.82, 2.24) is 0 Å². The number of hydrogen-bond donors (Lipinski definition) is 0. The first-order valence-electron chi connectivity index (χ1n) is 6.72. The summed E-state index contributed by atoms with van der Waals surface area (Å²) >= 11 is 0. The maximum absolute atomic E-state index is 12.3. The molecule has 0 spiro atoms. The van der Waals surface area contributed by atoms with Gasteiger partial charge in [-0.2, -0.15) is 0 Å². The summed E-state index contributed by atoms with van der Waals surface area (Å²) in [6, 6.07) is 10.8. The first-order chi connectivity index (χ1) is 10.5. The molecule has 22 heavy (non-hydrogen) atoms. The lowest BCUT2D eigenvalue weighted by molar-refractivity contribution is -0.384. The predicted octanol–water partition coefficient (Wildman–Crippen LogP) is 3.52. The van der Waals surface area contributed by atoms with Crippen LogP contribution in [0.5, 0.6) is 11.5 Å². The predicted molar refractivity (Wildman–Crippen MR) is 80.4 cm³/mol. The summed E-state index contributed by atoms with van der Waals surface area (Å²) in [4.78, 5) is 22.5. The molecule has 0 atom stereocenters. The van der Waals surface area contributed by atoms with Crippen molar-refractivity contribution in [1.29, 1.82) is 0 Å². The average Bonchev–Trinajstić information content (AvgIpc) is 2.49. The van der Waals surface area contributed by atoms with Crippen LogP contribution in [0, 0.1) is 17.0 Å². The zero-order chi connectivity index (χ0) is 16.1. The molecule has 114 valence electrons. The summed E-state index contributed by atoms with van der Waals surface area (Å²) in [6.07, 6.45) is 0. The zero-order valence-corrected chi connectivity index (χ0v) is 12.2. The fourth-order valence-electron chi connectivity index (χ4n) is 1.91. The van der Waals surface area contributed by atoms with Crippen LogP contribution in [0.15, 0.2) is 42.5 Å². The molecule has 0 saturated heterocycles. The lowest BCUT2D eigenvalue weighted by atomic mass is 10.1. The normalized spacial score (nSPS) is 10.1. The molecule has 0 bridgehead atoms. The Labute approximate surface area is 127 Å². The van der Waals surface area contributed by atoms with Crippen molar-refractivity contribution >= 4 is 11.7 Å². The van der Waals surface area contributed by atoms with E-state index in [9.17, 15) is 14.9 Å². The van der Waals surface area contributed by atoms with E-state index in [-0.39, 0.29) is 17.0 Å². The molecule has 0 aliphatic heterocycles. The highest BCUT2D eigenvalue weighted by atomic mass is 16.6. The van der Waals surface area contributed by atoms with Crippen LogP contribution >= 0.6 is 0 Å². The third-order valence-electron chi connectivity index (χ3n) is 3.00. The molecule has 0 radical (unpaired) electrons. The molecule has 2 aromatic carbocycles. The first kappa shape index (κ1) is 15.5. The van der Waals surface area contributed by atoms with Crippen LogP contribution in [0.1, 0.15) is 22.8 Å². The van der Waals surface area contributed by atoms with Crippen molar-refractivity contribution in [2.24, 2.45) is 0 Å². The molecule has 0 aromatic heterocycles. The third kappa shape index (κ3) is 3.41. The number of esters is 1. The van der Waals surface area contributed by atoms with Crippen LogP contribution in [0.3, 0.4) is 0 Å². The van der Waals surface area contributed by atoms with Crippen LogP contribution in [-0.2, 0) is 0 Å². The van der Waals surface area contributed by atoms with Gasteiger partial charge in [-0.1, -0.05) is 18.2 Å². The first-order valence-corrected chi connectivity index (χ1v) is 6.72. The molecule has 2 rings (SSSR count). The van der Waals surface area contributed by atoms with Crippen LogP contribution in [0.2, 0.25) is 0 Å². The van der Waals surface area contributed by atoms with Gasteiger partial charge in [-0.05, 0) is 31.5 Å². The highest BCUT2D eigenvalue weighted by Gasteiger charge is 2.18. The van der Waals surface area contributed by atoms with Crippen LogP contribution < -0.4 is 9.47 Å².